The zero-order valence-electron chi connectivity index (χ0n) is 19.2. The van der Waals surface area contributed by atoms with Crippen LogP contribution in [0.25, 0.3) is 0 Å². The van der Waals surface area contributed by atoms with E-state index in [1.807, 2.05) is 0 Å². The van der Waals surface area contributed by atoms with Crippen LogP contribution in [0.15, 0.2) is 18.2 Å². The van der Waals surface area contributed by atoms with Crippen LogP contribution in [0.5, 0.6) is 5.75 Å². The van der Waals surface area contributed by atoms with Gasteiger partial charge in [0.25, 0.3) is 5.69 Å². The van der Waals surface area contributed by atoms with Crippen molar-refractivity contribution in [3.05, 3.63) is 33.9 Å². The average molecular weight is 497 g/mol. The van der Waals surface area contributed by atoms with Gasteiger partial charge < -0.3 is 28.4 Å². The third-order valence-corrected chi connectivity index (χ3v) is 4.52. The van der Waals surface area contributed by atoms with E-state index in [-0.39, 0.29) is 17.0 Å². The largest absolute Gasteiger partial charge is 0.463 e. The number of aldehydes is 1. The number of nitro groups is 1. The Morgan fingerprint density at radius 3 is 2.03 bits per heavy atom. The summed E-state index contributed by atoms with van der Waals surface area (Å²) in [4.78, 5) is 68.6. The highest BCUT2D eigenvalue weighted by Crippen LogP contribution is 2.32. The molecule has 0 spiro atoms. The lowest BCUT2D eigenvalue weighted by atomic mass is 9.98. The number of non-ortho nitro benzene ring substituents is 1. The molecule has 1 aliphatic rings. The van der Waals surface area contributed by atoms with Crippen LogP contribution in [0.4, 0.5) is 5.69 Å². The van der Waals surface area contributed by atoms with Gasteiger partial charge in [0.15, 0.2) is 18.5 Å². The van der Waals surface area contributed by atoms with Gasteiger partial charge in [-0.1, -0.05) is 0 Å². The molecule has 0 amide bonds. The fraction of sp³-hybridized carbons (Fsp3) is 0.476. The summed E-state index contributed by atoms with van der Waals surface area (Å²) in [5.41, 5.74) is -0.618. The normalized spacial score (nSPS) is 23.4. The first-order valence-electron chi connectivity index (χ1n) is 10.1. The molecule has 5 unspecified atom stereocenters. The fourth-order valence-corrected chi connectivity index (χ4v) is 3.26. The molecule has 0 radical (unpaired) electrons. The van der Waals surface area contributed by atoms with E-state index in [1.165, 1.54) is 0 Å². The summed E-state index contributed by atoms with van der Waals surface area (Å²) in [5, 5.41) is 11.0. The molecule has 5 atom stereocenters. The Morgan fingerprint density at radius 2 is 1.51 bits per heavy atom. The van der Waals surface area contributed by atoms with Gasteiger partial charge in [-0.2, -0.15) is 0 Å². The van der Waals surface area contributed by atoms with E-state index in [0.29, 0.717) is 6.29 Å². The number of carbonyl (C=O) groups excluding carboxylic acids is 5. The standard InChI is InChI=1S/C21H23NO13/c1-10(24)30-9-17-18(31-11(2)25)19(32-12(3)26)20(33-13(4)27)21(35-17)34-16-6-5-15(22(28)29)7-14(16)8-23/h5-8,17-21H,9H2,1-4H3. The van der Waals surface area contributed by atoms with Crippen molar-refractivity contribution in [2.75, 3.05) is 6.61 Å². The lowest BCUT2D eigenvalue weighted by molar-refractivity contribution is -0.384. The third kappa shape index (κ3) is 7.46. The molecule has 0 aromatic heterocycles. The second-order valence-corrected chi connectivity index (χ2v) is 7.28. The smallest absolute Gasteiger partial charge is 0.303 e. The SMILES string of the molecule is CC(=O)OCC1OC(Oc2ccc([N+](=O)[O-])cc2C=O)C(OC(C)=O)C(OC(C)=O)C1OC(C)=O. The van der Waals surface area contributed by atoms with Crippen molar-refractivity contribution in [2.45, 2.75) is 58.4 Å². The number of hydrogen-bond acceptors (Lipinski definition) is 13. The highest BCUT2D eigenvalue weighted by molar-refractivity contribution is 5.80. The third-order valence-electron chi connectivity index (χ3n) is 4.52. The topological polar surface area (TPSA) is 184 Å². The minimum Gasteiger partial charge on any atom is -0.463 e. The number of nitrogens with zero attached hydrogens (tertiary/aromatic N) is 1. The maximum Gasteiger partial charge on any atom is 0.303 e. The van der Waals surface area contributed by atoms with Crippen LogP contribution in [0, 0.1) is 10.1 Å². The summed E-state index contributed by atoms with van der Waals surface area (Å²) in [7, 11) is 0. The van der Waals surface area contributed by atoms with Gasteiger partial charge in [-0.05, 0) is 6.07 Å². The predicted octanol–water partition coefficient (Wildman–Crippen LogP) is 0.869. The van der Waals surface area contributed by atoms with Crippen molar-refractivity contribution in [3.63, 3.8) is 0 Å². The minimum atomic E-state index is -1.59. The number of ether oxygens (including phenoxy) is 6. The van der Waals surface area contributed by atoms with Gasteiger partial charge >= 0.3 is 23.9 Å². The zero-order chi connectivity index (χ0) is 26.3. The summed E-state index contributed by atoms with van der Waals surface area (Å²) in [6.07, 6.45) is -6.94. The van der Waals surface area contributed by atoms with E-state index in [2.05, 4.69) is 0 Å². The van der Waals surface area contributed by atoms with Crippen LogP contribution in [0.1, 0.15) is 38.1 Å². The highest BCUT2D eigenvalue weighted by atomic mass is 16.7. The molecular weight excluding hydrogens is 474 g/mol. The minimum absolute atomic E-state index is 0.188. The van der Waals surface area contributed by atoms with Crippen molar-refractivity contribution in [3.8, 4) is 5.75 Å². The molecule has 14 nitrogen and oxygen atoms in total. The molecule has 0 aliphatic carbocycles. The number of benzene rings is 1. The lowest BCUT2D eigenvalue weighted by Gasteiger charge is -2.44. The Morgan fingerprint density at radius 1 is 0.943 bits per heavy atom. The van der Waals surface area contributed by atoms with Gasteiger partial charge in [0.1, 0.15) is 18.5 Å². The molecule has 14 heteroatoms. The number of carbonyl (C=O) groups is 5. The summed E-state index contributed by atoms with van der Waals surface area (Å²) in [5.74, 6) is -3.36. The zero-order valence-corrected chi connectivity index (χ0v) is 19.2. The number of nitro benzene ring substituents is 1. The number of hydrogen-bond donors (Lipinski definition) is 0. The Balaban J connectivity index is 2.53. The molecule has 1 aromatic carbocycles. The molecule has 0 N–H and O–H groups in total. The van der Waals surface area contributed by atoms with Gasteiger partial charge in [-0.15, -0.1) is 0 Å². The van der Waals surface area contributed by atoms with Crippen LogP contribution in [0.2, 0.25) is 0 Å². The Bertz CT molecular complexity index is 1010. The van der Waals surface area contributed by atoms with Gasteiger partial charge in [0.2, 0.25) is 12.4 Å². The molecule has 0 saturated carbocycles. The van der Waals surface area contributed by atoms with Crippen LogP contribution in [-0.2, 0) is 42.9 Å². The molecule has 1 aliphatic heterocycles. The predicted molar refractivity (Wildman–Crippen MR) is 111 cm³/mol. The van der Waals surface area contributed by atoms with Crippen molar-refractivity contribution >= 4 is 35.9 Å². The second-order valence-electron chi connectivity index (χ2n) is 7.28. The van der Waals surface area contributed by atoms with Crippen LogP contribution in [0.3, 0.4) is 0 Å². The summed E-state index contributed by atoms with van der Waals surface area (Å²) < 4.78 is 32.2. The molecule has 1 fully saturated rings. The Kier molecular flexibility index (Phi) is 9.22. The Labute approximate surface area is 198 Å². The molecule has 0 bridgehead atoms. The quantitative estimate of drug-likeness (QED) is 0.154. The Hall–Kier alpha value is -4.07. The molecule has 1 aromatic rings. The van der Waals surface area contributed by atoms with Crippen LogP contribution < -0.4 is 4.74 Å². The van der Waals surface area contributed by atoms with E-state index >= 15 is 0 Å². The first-order chi connectivity index (χ1) is 16.4. The van der Waals surface area contributed by atoms with E-state index in [4.69, 9.17) is 28.4 Å². The fourth-order valence-electron chi connectivity index (χ4n) is 3.26. The first kappa shape index (κ1) is 27.2. The van der Waals surface area contributed by atoms with Crippen LogP contribution in [-0.4, -0.2) is 72.4 Å². The second kappa shape index (κ2) is 11.9. The van der Waals surface area contributed by atoms with Crippen molar-refractivity contribution in [1.29, 1.82) is 0 Å². The van der Waals surface area contributed by atoms with E-state index < -0.39 is 66.1 Å². The van der Waals surface area contributed by atoms with Gasteiger partial charge in [0, 0.05) is 39.8 Å². The number of rotatable bonds is 9. The molecule has 1 saturated heterocycles. The average Bonchev–Trinajstić information content (AvgIpc) is 2.75. The van der Waals surface area contributed by atoms with E-state index in [1.54, 1.807) is 0 Å². The van der Waals surface area contributed by atoms with E-state index in [9.17, 15) is 34.1 Å². The van der Waals surface area contributed by atoms with E-state index in [0.717, 1.165) is 45.9 Å². The maximum atomic E-state index is 11.8. The first-order valence-corrected chi connectivity index (χ1v) is 10.1. The summed E-state index contributed by atoms with van der Waals surface area (Å²) in [6.45, 7) is 3.83. The molecule has 190 valence electrons. The van der Waals surface area contributed by atoms with Crippen molar-refractivity contribution in [2.24, 2.45) is 0 Å². The van der Waals surface area contributed by atoms with Crippen molar-refractivity contribution in [1.82, 2.24) is 0 Å². The number of esters is 4. The maximum absolute atomic E-state index is 11.8. The van der Waals surface area contributed by atoms with Gasteiger partial charge in [-0.25, -0.2) is 0 Å². The van der Waals surface area contributed by atoms with Crippen molar-refractivity contribution < 1.29 is 57.3 Å². The monoisotopic (exact) mass is 497 g/mol. The van der Waals surface area contributed by atoms with Gasteiger partial charge in [0.05, 0.1) is 10.5 Å². The molecule has 2 rings (SSSR count). The van der Waals surface area contributed by atoms with Crippen LogP contribution >= 0.6 is 0 Å². The molecular formula is C21H23NO13. The highest BCUT2D eigenvalue weighted by Gasteiger charge is 2.53. The lowest BCUT2D eigenvalue weighted by Crippen LogP contribution is -2.63. The summed E-state index contributed by atoms with van der Waals surface area (Å²) >= 11 is 0. The molecule has 1 heterocycles. The molecule has 35 heavy (non-hydrogen) atoms. The summed E-state index contributed by atoms with van der Waals surface area (Å²) in [6, 6.07) is 3.14. The van der Waals surface area contributed by atoms with Gasteiger partial charge in [-0.3, -0.25) is 34.1 Å².